The van der Waals surface area contributed by atoms with Gasteiger partial charge in [0.05, 0.1) is 11.1 Å². The molecule has 3 rings (SSSR count). The van der Waals surface area contributed by atoms with Gasteiger partial charge < -0.3 is 0 Å². The fourth-order valence-electron chi connectivity index (χ4n) is 2.76. The summed E-state index contributed by atoms with van der Waals surface area (Å²) in [6.45, 7) is 3.88. The lowest BCUT2D eigenvalue weighted by molar-refractivity contribution is 0.637. The van der Waals surface area contributed by atoms with E-state index in [0.717, 1.165) is 11.3 Å². The Hall–Kier alpha value is -2.13. The Morgan fingerprint density at radius 1 is 1.18 bits per heavy atom. The first kappa shape index (κ1) is 14.8. The highest BCUT2D eigenvalue weighted by Gasteiger charge is 2.13. The van der Waals surface area contributed by atoms with Crippen LogP contribution in [0.25, 0.3) is 16.5 Å². The van der Waals surface area contributed by atoms with Crippen molar-refractivity contribution in [3.8, 4) is 5.69 Å². The standard InChI is InChI=1S/C18H15ClFNO/c1-3-14-9-12-5-4-6-16(20)17(12)18(22)21(14)15-8-11(2)7-13(19)10-15/h4-10H,3H2,1-2H3. The highest BCUT2D eigenvalue weighted by atomic mass is 35.5. The van der Waals surface area contributed by atoms with E-state index < -0.39 is 5.82 Å². The highest BCUT2D eigenvalue weighted by Crippen LogP contribution is 2.22. The minimum absolute atomic E-state index is 0.109. The Labute approximate surface area is 132 Å². The van der Waals surface area contributed by atoms with Crippen molar-refractivity contribution >= 4 is 22.4 Å². The van der Waals surface area contributed by atoms with Crippen LogP contribution >= 0.6 is 11.6 Å². The molecule has 0 saturated heterocycles. The van der Waals surface area contributed by atoms with Crippen LogP contribution in [-0.2, 0) is 6.42 Å². The molecule has 1 heterocycles. The number of hydrogen-bond acceptors (Lipinski definition) is 1. The molecule has 2 aromatic carbocycles. The normalized spacial score (nSPS) is 11.1. The average molecular weight is 316 g/mol. The summed E-state index contributed by atoms with van der Waals surface area (Å²) in [5, 5.41) is 1.28. The van der Waals surface area contributed by atoms with E-state index in [9.17, 15) is 9.18 Å². The van der Waals surface area contributed by atoms with Gasteiger partial charge in [-0.2, -0.15) is 0 Å². The van der Waals surface area contributed by atoms with E-state index in [0.29, 0.717) is 22.5 Å². The maximum absolute atomic E-state index is 14.1. The van der Waals surface area contributed by atoms with Gasteiger partial charge in [0.2, 0.25) is 0 Å². The van der Waals surface area contributed by atoms with Gasteiger partial charge >= 0.3 is 0 Å². The first-order valence-corrected chi connectivity index (χ1v) is 7.49. The van der Waals surface area contributed by atoms with Crippen LogP contribution in [0.1, 0.15) is 18.2 Å². The molecule has 0 N–H and O–H groups in total. The summed E-state index contributed by atoms with van der Waals surface area (Å²) in [7, 11) is 0. The maximum atomic E-state index is 14.1. The molecule has 0 atom stereocenters. The number of hydrogen-bond donors (Lipinski definition) is 0. The third-order valence-electron chi connectivity index (χ3n) is 3.72. The van der Waals surface area contributed by atoms with Gasteiger partial charge in [-0.25, -0.2) is 4.39 Å². The van der Waals surface area contributed by atoms with Crippen LogP contribution in [0, 0.1) is 12.7 Å². The van der Waals surface area contributed by atoms with Crippen molar-refractivity contribution in [1.29, 1.82) is 0 Å². The van der Waals surface area contributed by atoms with Crippen molar-refractivity contribution in [2.45, 2.75) is 20.3 Å². The average Bonchev–Trinajstić information content (AvgIpc) is 2.45. The van der Waals surface area contributed by atoms with Crippen molar-refractivity contribution in [2.75, 3.05) is 0 Å². The molecule has 112 valence electrons. The van der Waals surface area contributed by atoms with Crippen LogP contribution < -0.4 is 5.56 Å². The molecule has 3 aromatic rings. The molecule has 0 radical (unpaired) electrons. The zero-order valence-electron chi connectivity index (χ0n) is 12.4. The lowest BCUT2D eigenvalue weighted by atomic mass is 10.1. The van der Waals surface area contributed by atoms with Gasteiger partial charge in [0.15, 0.2) is 0 Å². The first-order chi connectivity index (χ1) is 10.5. The maximum Gasteiger partial charge on any atom is 0.266 e. The first-order valence-electron chi connectivity index (χ1n) is 7.12. The molecule has 0 fully saturated rings. The molecule has 0 saturated carbocycles. The van der Waals surface area contributed by atoms with Crippen LogP contribution in [0.4, 0.5) is 4.39 Å². The van der Waals surface area contributed by atoms with Crippen LogP contribution in [0.3, 0.4) is 0 Å². The van der Waals surface area contributed by atoms with Gasteiger partial charge in [-0.3, -0.25) is 9.36 Å². The summed E-state index contributed by atoms with van der Waals surface area (Å²) in [5.41, 5.74) is 2.08. The van der Waals surface area contributed by atoms with Crippen LogP contribution in [0.15, 0.2) is 47.3 Å². The van der Waals surface area contributed by atoms with E-state index >= 15 is 0 Å². The second-order valence-electron chi connectivity index (χ2n) is 5.32. The van der Waals surface area contributed by atoms with Crippen molar-refractivity contribution in [1.82, 2.24) is 4.57 Å². The summed E-state index contributed by atoms with van der Waals surface area (Å²) >= 11 is 6.11. The number of aromatic nitrogens is 1. The number of pyridine rings is 1. The summed E-state index contributed by atoms with van der Waals surface area (Å²) in [6, 6.07) is 12.0. The molecule has 0 aliphatic rings. The van der Waals surface area contributed by atoms with Crippen molar-refractivity contribution < 1.29 is 4.39 Å². The molecular formula is C18H15ClFNO. The van der Waals surface area contributed by atoms with Crippen molar-refractivity contribution in [3.05, 3.63) is 74.9 Å². The molecule has 0 aliphatic carbocycles. The number of aryl methyl sites for hydroxylation is 2. The van der Waals surface area contributed by atoms with E-state index in [4.69, 9.17) is 11.6 Å². The second kappa shape index (κ2) is 5.58. The molecule has 0 amide bonds. The number of benzene rings is 2. The van der Waals surface area contributed by atoms with Gasteiger partial charge in [0.1, 0.15) is 5.82 Å². The van der Waals surface area contributed by atoms with E-state index in [1.807, 2.05) is 32.0 Å². The molecular weight excluding hydrogens is 301 g/mol. The minimum Gasteiger partial charge on any atom is -0.281 e. The van der Waals surface area contributed by atoms with Crippen LogP contribution in [0.2, 0.25) is 5.02 Å². The predicted octanol–water partition coefficient (Wildman–Crippen LogP) is 4.65. The molecule has 1 aromatic heterocycles. The quantitative estimate of drug-likeness (QED) is 0.674. The highest BCUT2D eigenvalue weighted by molar-refractivity contribution is 6.30. The lowest BCUT2D eigenvalue weighted by Crippen LogP contribution is -2.22. The third-order valence-corrected chi connectivity index (χ3v) is 3.94. The molecule has 4 heteroatoms. The number of halogens is 2. The zero-order chi connectivity index (χ0) is 15.9. The van der Waals surface area contributed by atoms with E-state index in [2.05, 4.69) is 0 Å². The molecule has 0 spiro atoms. The van der Waals surface area contributed by atoms with Gasteiger partial charge in [0, 0.05) is 10.7 Å². The number of fused-ring (bicyclic) bond motifs is 1. The SMILES string of the molecule is CCc1cc2cccc(F)c2c(=O)n1-c1cc(C)cc(Cl)c1. The Morgan fingerprint density at radius 2 is 1.95 bits per heavy atom. The topological polar surface area (TPSA) is 22.0 Å². The Balaban J connectivity index is 2.44. The van der Waals surface area contributed by atoms with Gasteiger partial charge in [-0.05, 0) is 54.6 Å². The van der Waals surface area contributed by atoms with Crippen LogP contribution in [0.5, 0.6) is 0 Å². The van der Waals surface area contributed by atoms with Crippen LogP contribution in [-0.4, -0.2) is 4.57 Å². The van der Waals surface area contributed by atoms with E-state index in [1.54, 1.807) is 22.8 Å². The second-order valence-corrected chi connectivity index (χ2v) is 5.76. The monoisotopic (exact) mass is 315 g/mol. The molecule has 0 aliphatic heterocycles. The van der Waals surface area contributed by atoms with E-state index in [1.165, 1.54) is 6.07 Å². The Morgan fingerprint density at radius 3 is 2.64 bits per heavy atom. The largest absolute Gasteiger partial charge is 0.281 e. The number of nitrogens with zero attached hydrogens (tertiary/aromatic N) is 1. The van der Waals surface area contributed by atoms with Gasteiger partial charge in [-0.15, -0.1) is 0 Å². The third kappa shape index (κ3) is 2.42. The number of rotatable bonds is 2. The van der Waals surface area contributed by atoms with Crippen molar-refractivity contribution in [2.24, 2.45) is 0 Å². The molecule has 0 bridgehead atoms. The van der Waals surface area contributed by atoms with Gasteiger partial charge in [0.25, 0.3) is 5.56 Å². The molecule has 0 unspecified atom stereocenters. The lowest BCUT2D eigenvalue weighted by Gasteiger charge is -2.15. The van der Waals surface area contributed by atoms with Gasteiger partial charge in [-0.1, -0.05) is 30.7 Å². The molecule has 22 heavy (non-hydrogen) atoms. The van der Waals surface area contributed by atoms with Crippen molar-refractivity contribution in [3.63, 3.8) is 0 Å². The predicted molar refractivity (Wildman–Crippen MR) is 88.6 cm³/mol. The summed E-state index contributed by atoms with van der Waals surface area (Å²) < 4.78 is 15.6. The summed E-state index contributed by atoms with van der Waals surface area (Å²) in [5.74, 6) is -0.502. The fourth-order valence-corrected chi connectivity index (χ4v) is 3.05. The Bertz CT molecular complexity index is 910. The zero-order valence-corrected chi connectivity index (χ0v) is 13.1. The Kier molecular flexibility index (Phi) is 3.75. The van der Waals surface area contributed by atoms with E-state index in [-0.39, 0.29) is 10.9 Å². The summed E-state index contributed by atoms with van der Waals surface area (Å²) in [4.78, 5) is 12.8. The summed E-state index contributed by atoms with van der Waals surface area (Å²) in [6.07, 6.45) is 0.660. The minimum atomic E-state index is -0.502. The smallest absolute Gasteiger partial charge is 0.266 e. The molecule has 2 nitrogen and oxygen atoms in total. The fraction of sp³-hybridized carbons (Fsp3) is 0.167.